The van der Waals surface area contributed by atoms with E-state index in [9.17, 15) is 5.11 Å². The maximum Gasteiger partial charge on any atom is 0.142 e. The Morgan fingerprint density at radius 2 is 2.00 bits per heavy atom. The van der Waals surface area contributed by atoms with Crippen molar-refractivity contribution < 1.29 is 5.11 Å². The summed E-state index contributed by atoms with van der Waals surface area (Å²) in [7, 11) is 2.01. The van der Waals surface area contributed by atoms with E-state index in [1.54, 1.807) is 6.20 Å². The van der Waals surface area contributed by atoms with Gasteiger partial charge in [-0.1, -0.05) is 37.1 Å². The zero-order chi connectivity index (χ0) is 18.3. The molecule has 3 heterocycles. The number of aromatic nitrogens is 3. The van der Waals surface area contributed by atoms with E-state index >= 15 is 0 Å². The van der Waals surface area contributed by atoms with E-state index in [4.69, 9.17) is 16.6 Å². The van der Waals surface area contributed by atoms with Crippen molar-refractivity contribution >= 4 is 28.5 Å². The number of hydrogen-bond acceptors (Lipinski definition) is 4. The average molecular weight is 371 g/mol. The van der Waals surface area contributed by atoms with Gasteiger partial charge in [0.25, 0.3) is 0 Å². The number of aliphatic hydroxyl groups excluding tert-OH is 1. The van der Waals surface area contributed by atoms with Crippen LogP contribution in [0.2, 0.25) is 5.02 Å². The summed E-state index contributed by atoms with van der Waals surface area (Å²) in [6.07, 6.45) is 2.77. The van der Waals surface area contributed by atoms with Crippen LogP contribution in [0.3, 0.4) is 0 Å². The highest BCUT2D eigenvalue weighted by atomic mass is 35.5. The number of para-hydroxylation sites is 2. The number of hydrogen-bond donors (Lipinski definition) is 1. The number of fused-ring (bicyclic) bond motifs is 1. The maximum atomic E-state index is 9.64. The fraction of sp³-hybridized carbons (Fsp3) is 0.400. The van der Waals surface area contributed by atoms with Gasteiger partial charge in [-0.15, -0.1) is 0 Å². The topological polar surface area (TPSA) is 54.2 Å². The second kappa shape index (κ2) is 6.89. The van der Waals surface area contributed by atoms with Gasteiger partial charge in [-0.2, -0.15) is 0 Å². The molecule has 1 aliphatic heterocycles. The minimum atomic E-state index is 0.222. The van der Waals surface area contributed by atoms with Crippen LogP contribution >= 0.6 is 11.6 Å². The third-order valence-electron chi connectivity index (χ3n) is 5.53. The van der Waals surface area contributed by atoms with Crippen LogP contribution < -0.4 is 4.90 Å². The molecule has 5 nitrogen and oxygen atoms in total. The van der Waals surface area contributed by atoms with E-state index in [0.717, 1.165) is 47.7 Å². The number of benzene rings is 1. The van der Waals surface area contributed by atoms with E-state index in [1.165, 1.54) is 0 Å². The summed E-state index contributed by atoms with van der Waals surface area (Å²) >= 11 is 6.47. The lowest BCUT2D eigenvalue weighted by Gasteiger charge is -2.18. The first-order chi connectivity index (χ1) is 12.6. The van der Waals surface area contributed by atoms with Crippen molar-refractivity contribution in [3.8, 4) is 11.4 Å². The van der Waals surface area contributed by atoms with Gasteiger partial charge in [0, 0.05) is 44.4 Å². The number of halogens is 1. The van der Waals surface area contributed by atoms with Crippen LogP contribution in [0.25, 0.3) is 22.4 Å². The molecular weight excluding hydrogens is 348 g/mol. The van der Waals surface area contributed by atoms with E-state index < -0.39 is 0 Å². The van der Waals surface area contributed by atoms with Crippen molar-refractivity contribution in [2.75, 3.05) is 24.6 Å². The van der Waals surface area contributed by atoms with Gasteiger partial charge in [0.05, 0.1) is 16.1 Å². The Hall–Kier alpha value is -2.11. The molecule has 4 rings (SSSR count). The molecule has 1 N–H and O–H groups in total. The molecule has 2 atom stereocenters. The van der Waals surface area contributed by atoms with Crippen LogP contribution in [0.15, 0.2) is 36.5 Å². The van der Waals surface area contributed by atoms with E-state index in [2.05, 4.69) is 27.4 Å². The molecule has 3 aromatic rings. The number of rotatable bonds is 4. The Balaban J connectivity index is 1.74. The SMILES string of the molecule is CC[C@@H]1CN(c2cc(-c3nc4ccccc4n3C)c(Cl)cn2)C[C@@H]1CO. The lowest BCUT2D eigenvalue weighted by molar-refractivity contribution is 0.204. The standard InChI is InChI=1S/C20H23ClN4O/c1-3-13-10-25(11-14(13)12-26)19-8-15(16(21)9-22-19)20-23-17-6-4-5-7-18(17)24(20)2/h4-9,13-14,26H,3,10-12H2,1-2H3/t13-,14-/m1/s1. The third-order valence-corrected chi connectivity index (χ3v) is 5.83. The van der Waals surface area contributed by atoms with Gasteiger partial charge >= 0.3 is 0 Å². The first-order valence-corrected chi connectivity index (χ1v) is 9.43. The lowest BCUT2D eigenvalue weighted by Crippen LogP contribution is -2.21. The van der Waals surface area contributed by atoms with Gasteiger partial charge < -0.3 is 14.6 Å². The van der Waals surface area contributed by atoms with Crippen molar-refractivity contribution in [2.45, 2.75) is 13.3 Å². The molecule has 0 spiro atoms. The van der Waals surface area contributed by atoms with E-state index in [0.29, 0.717) is 16.9 Å². The summed E-state index contributed by atoms with van der Waals surface area (Å²) in [5.41, 5.74) is 2.91. The predicted octanol–water partition coefficient (Wildman–Crippen LogP) is 3.74. The summed E-state index contributed by atoms with van der Waals surface area (Å²) < 4.78 is 2.07. The molecule has 1 saturated heterocycles. The molecule has 136 valence electrons. The molecule has 1 fully saturated rings. The summed E-state index contributed by atoms with van der Waals surface area (Å²) in [6, 6.07) is 10.1. The molecule has 1 aliphatic rings. The summed E-state index contributed by atoms with van der Waals surface area (Å²) in [6.45, 7) is 4.14. The van der Waals surface area contributed by atoms with Crippen molar-refractivity contribution in [3.63, 3.8) is 0 Å². The summed E-state index contributed by atoms with van der Waals surface area (Å²) in [4.78, 5) is 11.6. The second-order valence-corrected chi connectivity index (χ2v) is 7.43. The molecule has 1 aromatic carbocycles. The van der Waals surface area contributed by atoms with E-state index in [-0.39, 0.29) is 6.61 Å². The fourth-order valence-corrected chi connectivity index (χ4v) is 4.14. The average Bonchev–Trinajstić information content (AvgIpc) is 3.23. The minimum Gasteiger partial charge on any atom is -0.396 e. The molecule has 0 aliphatic carbocycles. The van der Waals surface area contributed by atoms with Crippen LogP contribution in [-0.2, 0) is 7.05 Å². The first kappa shape index (κ1) is 17.3. The zero-order valence-corrected chi connectivity index (χ0v) is 15.8. The molecule has 0 unspecified atom stereocenters. The van der Waals surface area contributed by atoms with Crippen LogP contribution in [0, 0.1) is 11.8 Å². The number of nitrogens with zero attached hydrogens (tertiary/aromatic N) is 4. The zero-order valence-electron chi connectivity index (χ0n) is 15.1. The lowest BCUT2D eigenvalue weighted by atomic mass is 9.95. The van der Waals surface area contributed by atoms with Gasteiger partial charge in [0.15, 0.2) is 0 Å². The number of imidazole rings is 1. The smallest absolute Gasteiger partial charge is 0.142 e. The molecule has 26 heavy (non-hydrogen) atoms. The Morgan fingerprint density at radius 1 is 1.23 bits per heavy atom. The van der Waals surface area contributed by atoms with Gasteiger partial charge in [-0.3, -0.25) is 0 Å². The Morgan fingerprint density at radius 3 is 2.69 bits per heavy atom. The third kappa shape index (κ3) is 2.85. The molecule has 0 saturated carbocycles. The fourth-order valence-electron chi connectivity index (χ4n) is 3.95. The van der Waals surface area contributed by atoms with Crippen LogP contribution in [-0.4, -0.2) is 39.3 Å². The maximum absolute atomic E-state index is 9.64. The highest BCUT2D eigenvalue weighted by molar-refractivity contribution is 6.33. The largest absolute Gasteiger partial charge is 0.396 e. The van der Waals surface area contributed by atoms with Crippen molar-refractivity contribution in [1.82, 2.24) is 14.5 Å². The molecule has 2 aromatic heterocycles. The summed E-state index contributed by atoms with van der Waals surface area (Å²) in [5.74, 6) is 2.53. The monoisotopic (exact) mass is 370 g/mol. The van der Waals surface area contributed by atoms with Crippen molar-refractivity contribution in [1.29, 1.82) is 0 Å². The summed E-state index contributed by atoms with van der Waals surface area (Å²) in [5, 5.41) is 10.2. The number of pyridine rings is 1. The Labute approximate surface area is 158 Å². The number of anilines is 1. The highest BCUT2D eigenvalue weighted by Gasteiger charge is 2.32. The second-order valence-electron chi connectivity index (χ2n) is 7.02. The number of aryl methyl sites for hydroxylation is 1. The molecular formula is C20H23ClN4O. The molecule has 0 bridgehead atoms. The normalized spacial score (nSPS) is 20.2. The van der Waals surface area contributed by atoms with E-state index in [1.807, 2.05) is 31.3 Å². The van der Waals surface area contributed by atoms with Crippen LogP contribution in [0.4, 0.5) is 5.82 Å². The molecule has 6 heteroatoms. The van der Waals surface area contributed by atoms with Crippen molar-refractivity contribution in [3.05, 3.63) is 41.6 Å². The van der Waals surface area contributed by atoms with Gasteiger partial charge in [-0.25, -0.2) is 9.97 Å². The van der Waals surface area contributed by atoms with Crippen LogP contribution in [0.1, 0.15) is 13.3 Å². The quantitative estimate of drug-likeness (QED) is 0.760. The Bertz CT molecular complexity index is 927. The van der Waals surface area contributed by atoms with Crippen molar-refractivity contribution in [2.24, 2.45) is 18.9 Å². The molecule has 0 amide bonds. The van der Waals surface area contributed by atoms with Gasteiger partial charge in [0.2, 0.25) is 0 Å². The molecule has 0 radical (unpaired) electrons. The Kier molecular flexibility index (Phi) is 4.59. The van der Waals surface area contributed by atoms with Gasteiger partial charge in [-0.05, 0) is 24.1 Å². The van der Waals surface area contributed by atoms with Crippen LogP contribution in [0.5, 0.6) is 0 Å². The highest BCUT2D eigenvalue weighted by Crippen LogP contribution is 2.34. The first-order valence-electron chi connectivity index (χ1n) is 9.05. The number of aliphatic hydroxyl groups is 1. The predicted molar refractivity (Wildman–Crippen MR) is 106 cm³/mol. The minimum absolute atomic E-state index is 0.222. The van der Waals surface area contributed by atoms with Gasteiger partial charge in [0.1, 0.15) is 11.6 Å².